The maximum absolute atomic E-state index is 13.6. The predicted molar refractivity (Wildman–Crippen MR) is 94.6 cm³/mol. The lowest BCUT2D eigenvalue weighted by molar-refractivity contribution is 0.228. The second-order valence-corrected chi connectivity index (χ2v) is 6.73. The van der Waals surface area contributed by atoms with Crippen molar-refractivity contribution in [3.05, 3.63) is 46.9 Å². The fourth-order valence-corrected chi connectivity index (χ4v) is 3.55. The van der Waals surface area contributed by atoms with Crippen LogP contribution in [0, 0.1) is 19.7 Å². The van der Waals surface area contributed by atoms with E-state index < -0.39 is 5.82 Å². The number of aromatic nitrogens is 3. The zero-order chi connectivity index (χ0) is 19.0. The summed E-state index contributed by atoms with van der Waals surface area (Å²) in [4.78, 5) is 6.95. The van der Waals surface area contributed by atoms with Gasteiger partial charge in [0.1, 0.15) is 17.1 Å². The molecule has 1 aliphatic rings. The van der Waals surface area contributed by atoms with Crippen molar-refractivity contribution < 1.29 is 18.2 Å². The van der Waals surface area contributed by atoms with Gasteiger partial charge in [-0.1, -0.05) is 10.3 Å². The first kappa shape index (κ1) is 17.7. The molecule has 0 spiro atoms. The maximum atomic E-state index is 13.6. The molecule has 3 aromatic rings. The molecular formula is C19H21FN4O3. The zero-order valence-electron chi connectivity index (χ0n) is 15.5. The summed E-state index contributed by atoms with van der Waals surface area (Å²) >= 11 is 0. The second kappa shape index (κ2) is 7.11. The summed E-state index contributed by atoms with van der Waals surface area (Å²) in [7, 11) is 1.43. The van der Waals surface area contributed by atoms with Crippen molar-refractivity contribution in [1.29, 1.82) is 0 Å². The fourth-order valence-electron chi connectivity index (χ4n) is 3.55. The molecular weight excluding hydrogens is 351 g/mol. The Labute approximate surface area is 156 Å². The van der Waals surface area contributed by atoms with Crippen LogP contribution in [0.15, 0.2) is 27.2 Å². The molecule has 4 rings (SSSR count). The topological polar surface area (TPSA) is 77.4 Å². The normalized spacial score (nSPS) is 17.6. The number of nitrogens with zero attached hydrogens (tertiary/aromatic N) is 4. The van der Waals surface area contributed by atoms with Crippen molar-refractivity contribution in [3.8, 4) is 17.2 Å². The van der Waals surface area contributed by atoms with E-state index in [1.165, 1.54) is 13.2 Å². The van der Waals surface area contributed by atoms with Crippen molar-refractivity contribution in [2.24, 2.45) is 0 Å². The van der Waals surface area contributed by atoms with Gasteiger partial charge in [0.05, 0.1) is 18.8 Å². The van der Waals surface area contributed by atoms with Crippen molar-refractivity contribution in [2.45, 2.75) is 39.3 Å². The third-order valence-electron chi connectivity index (χ3n) is 5.01. The summed E-state index contributed by atoms with van der Waals surface area (Å²) in [5.74, 6) is 0.949. The second-order valence-electron chi connectivity index (χ2n) is 6.73. The number of rotatable bonds is 5. The molecule has 2 aromatic heterocycles. The molecule has 1 atom stereocenters. The van der Waals surface area contributed by atoms with Crippen LogP contribution in [0.25, 0.3) is 11.5 Å². The standard InChI is InChI=1S/C19H21FN4O3/c1-11-18(23-27-22-11)16-5-4-8-24(16)10-15-12(2)26-19(21-15)13-6-7-14(20)17(9-13)25-3/h6-7,9,16H,4-5,8,10H2,1-3H3. The summed E-state index contributed by atoms with van der Waals surface area (Å²) in [5.41, 5.74) is 3.24. The van der Waals surface area contributed by atoms with Gasteiger partial charge >= 0.3 is 0 Å². The van der Waals surface area contributed by atoms with Crippen LogP contribution in [0.4, 0.5) is 4.39 Å². The first-order valence-corrected chi connectivity index (χ1v) is 8.90. The van der Waals surface area contributed by atoms with Crippen molar-refractivity contribution in [3.63, 3.8) is 0 Å². The molecule has 1 aromatic carbocycles. The Morgan fingerprint density at radius 1 is 1.30 bits per heavy atom. The molecule has 27 heavy (non-hydrogen) atoms. The van der Waals surface area contributed by atoms with Gasteiger partial charge in [0.25, 0.3) is 0 Å². The van der Waals surface area contributed by atoms with Crippen LogP contribution in [-0.2, 0) is 6.54 Å². The lowest BCUT2D eigenvalue weighted by Gasteiger charge is -2.21. The Morgan fingerprint density at radius 2 is 2.15 bits per heavy atom. The molecule has 1 fully saturated rings. The third kappa shape index (κ3) is 3.32. The molecule has 0 radical (unpaired) electrons. The largest absolute Gasteiger partial charge is 0.494 e. The number of hydrogen-bond acceptors (Lipinski definition) is 7. The minimum absolute atomic E-state index is 0.165. The van der Waals surface area contributed by atoms with E-state index in [4.69, 9.17) is 13.8 Å². The predicted octanol–water partition coefficient (Wildman–Crippen LogP) is 3.83. The Hall–Kier alpha value is -2.74. The summed E-state index contributed by atoms with van der Waals surface area (Å²) in [6, 6.07) is 4.75. The van der Waals surface area contributed by atoms with E-state index in [1.54, 1.807) is 12.1 Å². The number of likely N-dealkylation sites (tertiary alicyclic amines) is 1. The summed E-state index contributed by atoms with van der Waals surface area (Å²) in [6.07, 6.45) is 2.09. The van der Waals surface area contributed by atoms with E-state index in [0.717, 1.165) is 42.2 Å². The van der Waals surface area contributed by atoms with Gasteiger partial charge in [-0.25, -0.2) is 14.0 Å². The minimum Gasteiger partial charge on any atom is -0.494 e. The summed E-state index contributed by atoms with van der Waals surface area (Å²) < 4.78 is 29.4. The van der Waals surface area contributed by atoms with E-state index in [2.05, 4.69) is 20.2 Å². The van der Waals surface area contributed by atoms with Crippen LogP contribution in [0.1, 0.15) is 41.7 Å². The minimum atomic E-state index is -0.416. The number of methoxy groups -OCH3 is 1. The average Bonchev–Trinajstić information content (AvgIpc) is 3.37. The van der Waals surface area contributed by atoms with Crippen LogP contribution in [0.3, 0.4) is 0 Å². The molecule has 1 aliphatic heterocycles. The molecule has 0 amide bonds. The first-order chi connectivity index (χ1) is 13.1. The van der Waals surface area contributed by atoms with Gasteiger partial charge in [-0.3, -0.25) is 4.90 Å². The van der Waals surface area contributed by atoms with E-state index in [-0.39, 0.29) is 11.8 Å². The Morgan fingerprint density at radius 3 is 2.89 bits per heavy atom. The Kier molecular flexibility index (Phi) is 4.65. The van der Waals surface area contributed by atoms with Crippen molar-refractivity contribution >= 4 is 0 Å². The van der Waals surface area contributed by atoms with Gasteiger partial charge in [0.15, 0.2) is 11.6 Å². The first-order valence-electron chi connectivity index (χ1n) is 8.90. The molecule has 1 saturated heterocycles. The van der Waals surface area contributed by atoms with Gasteiger partial charge in [-0.2, -0.15) is 0 Å². The smallest absolute Gasteiger partial charge is 0.226 e. The lowest BCUT2D eigenvalue weighted by Crippen LogP contribution is -2.24. The highest BCUT2D eigenvalue weighted by Crippen LogP contribution is 2.34. The molecule has 7 nitrogen and oxygen atoms in total. The fraction of sp³-hybridized carbons (Fsp3) is 0.421. The summed E-state index contributed by atoms with van der Waals surface area (Å²) in [6.45, 7) is 5.39. The third-order valence-corrected chi connectivity index (χ3v) is 5.01. The van der Waals surface area contributed by atoms with Crippen LogP contribution in [0.2, 0.25) is 0 Å². The van der Waals surface area contributed by atoms with Gasteiger partial charge in [-0.15, -0.1) is 0 Å². The van der Waals surface area contributed by atoms with Crippen LogP contribution < -0.4 is 4.74 Å². The van der Waals surface area contributed by atoms with Crippen LogP contribution in [0.5, 0.6) is 5.75 Å². The molecule has 142 valence electrons. The highest BCUT2D eigenvalue weighted by molar-refractivity contribution is 5.56. The molecule has 0 saturated carbocycles. The van der Waals surface area contributed by atoms with E-state index >= 15 is 0 Å². The Bertz CT molecular complexity index is 952. The van der Waals surface area contributed by atoms with E-state index in [9.17, 15) is 4.39 Å². The molecule has 1 unspecified atom stereocenters. The quantitative estimate of drug-likeness (QED) is 0.673. The number of ether oxygens (including phenoxy) is 1. The average molecular weight is 372 g/mol. The van der Waals surface area contributed by atoms with Crippen molar-refractivity contribution in [2.75, 3.05) is 13.7 Å². The molecule has 3 heterocycles. The molecule has 0 aliphatic carbocycles. The monoisotopic (exact) mass is 372 g/mol. The SMILES string of the molecule is COc1cc(-c2nc(CN3CCCC3c3nonc3C)c(C)o2)ccc1F. The van der Waals surface area contributed by atoms with Gasteiger partial charge in [0, 0.05) is 12.1 Å². The zero-order valence-corrected chi connectivity index (χ0v) is 15.5. The molecule has 8 heteroatoms. The number of hydrogen-bond donors (Lipinski definition) is 0. The number of oxazole rings is 1. The van der Waals surface area contributed by atoms with Crippen LogP contribution >= 0.6 is 0 Å². The van der Waals surface area contributed by atoms with E-state index in [0.29, 0.717) is 18.0 Å². The van der Waals surface area contributed by atoms with Gasteiger partial charge in [0.2, 0.25) is 5.89 Å². The number of benzene rings is 1. The van der Waals surface area contributed by atoms with E-state index in [1.807, 2.05) is 13.8 Å². The highest BCUT2D eigenvalue weighted by atomic mass is 19.1. The van der Waals surface area contributed by atoms with Crippen LogP contribution in [-0.4, -0.2) is 33.9 Å². The summed E-state index contributed by atoms with van der Waals surface area (Å²) in [5, 5.41) is 7.97. The number of halogens is 1. The van der Waals surface area contributed by atoms with Gasteiger partial charge < -0.3 is 9.15 Å². The molecule has 0 N–H and O–H groups in total. The van der Waals surface area contributed by atoms with Gasteiger partial charge in [-0.05, 0) is 51.4 Å². The molecule has 0 bridgehead atoms. The Balaban J connectivity index is 1.58. The highest BCUT2D eigenvalue weighted by Gasteiger charge is 2.31. The lowest BCUT2D eigenvalue weighted by atomic mass is 10.1. The number of aryl methyl sites for hydroxylation is 2. The maximum Gasteiger partial charge on any atom is 0.226 e. The van der Waals surface area contributed by atoms with Crippen molar-refractivity contribution in [1.82, 2.24) is 20.2 Å².